The number of carbonyl (C=O) groups excluding carboxylic acids is 4. The number of carbonyl (C=O) groups is 4. The summed E-state index contributed by atoms with van der Waals surface area (Å²) in [5, 5.41) is 5.30. The molecule has 0 saturated heterocycles. The van der Waals surface area contributed by atoms with Gasteiger partial charge in [-0.05, 0) is 72.1 Å². The molecule has 11 heteroatoms. The molecule has 10 nitrogen and oxygen atoms in total. The molecule has 0 aliphatic heterocycles. The van der Waals surface area contributed by atoms with E-state index in [2.05, 4.69) is 10.6 Å². The molecule has 0 heterocycles. The molecule has 39 heavy (non-hydrogen) atoms. The first-order valence-corrected chi connectivity index (χ1v) is 13.9. The van der Waals surface area contributed by atoms with Crippen LogP contribution in [-0.4, -0.2) is 66.3 Å². The first-order chi connectivity index (χ1) is 18.1. The van der Waals surface area contributed by atoms with E-state index < -0.39 is 35.2 Å². The molecule has 0 aromatic heterocycles. The third-order valence-electron chi connectivity index (χ3n) is 5.08. The molecule has 1 aromatic carbocycles. The van der Waals surface area contributed by atoms with Crippen molar-refractivity contribution in [2.45, 2.75) is 85.2 Å². The van der Waals surface area contributed by atoms with E-state index in [-0.39, 0.29) is 36.5 Å². The number of esters is 1. The third kappa shape index (κ3) is 16.0. The molecular formula is C28H44N2O8S. The quantitative estimate of drug-likeness (QED) is 0.250. The summed E-state index contributed by atoms with van der Waals surface area (Å²) >= 11 is 1.04. The smallest absolute Gasteiger partial charge is 0.407 e. The Labute approximate surface area is 236 Å². The SMILES string of the molecule is COc1ccc(COC(=O)NCCCC(CSC(C)=O)C(=O)N[C@@H](COC(C)(C)C)C(=O)OC(C)(C)C)cc1. The maximum absolute atomic E-state index is 13.2. The Morgan fingerprint density at radius 2 is 1.62 bits per heavy atom. The Hall–Kier alpha value is -2.79. The fraction of sp³-hybridized carbons (Fsp3) is 0.643. The minimum absolute atomic E-state index is 0.0572. The van der Waals surface area contributed by atoms with Crippen LogP contribution in [0.5, 0.6) is 5.75 Å². The molecule has 2 atom stereocenters. The number of thioether (sulfide) groups is 1. The lowest BCUT2D eigenvalue weighted by Gasteiger charge is -2.28. The Bertz CT molecular complexity index is 938. The van der Waals surface area contributed by atoms with Crippen LogP contribution in [0.2, 0.25) is 0 Å². The number of alkyl carbamates (subject to hydrolysis) is 1. The van der Waals surface area contributed by atoms with Gasteiger partial charge in [0, 0.05) is 25.1 Å². The Morgan fingerprint density at radius 3 is 2.15 bits per heavy atom. The van der Waals surface area contributed by atoms with Crippen molar-refractivity contribution in [3.63, 3.8) is 0 Å². The Balaban J connectivity index is 2.68. The van der Waals surface area contributed by atoms with Crippen LogP contribution >= 0.6 is 11.8 Å². The number of benzene rings is 1. The number of methoxy groups -OCH3 is 1. The van der Waals surface area contributed by atoms with Crippen molar-refractivity contribution in [2.24, 2.45) is 5.92 Å². The summed E-state index contributed by atoms with van der Waals surface area (Å²) in [6.45, 7) is 12.5. The van der Waals surface area contributed by atoms with Crippen molar-refractivity contribution in [1.82, 2.24) is 10.6 Å². The number of nitrogens with one attached hydrogen (secondary N) is 2. The van der Waals surface area contributed by atoms with E-state index in [9.17, 15) is 19.2 Å². The highest BCUT2D eigenvalue weighted by Gasteiger charge is 2.31. The van der Waals surface area contributed by atoms with Crippen molar-refractivity contribution >= 4 is 34.8 Å². The van der Waals surface area contributed by atoms with E-state index in [0.717, 1.165) is 17.3 Å². The molecule has 0 saturated carbocycles. The van der Waals surface area contributed by atoms with Gasteiger partial charge < -0.3 is 29.6 Å². The van der Waals surface area contributed by atoms with Gasteiger partial charge in [-0.25, -0.2) is 9.59 Å². The first-order valence-electron chi connectivity index (χ1n) is 12.9. The second kappa shape index (κ2) is 16.3. The molecule has 0 bridgehead atoms. The zero-order valence-corrected chi connectivity index (χ0v) is 25.2. The third-order valence-corrected chi connectivity index (χ3v) is 6.05. The van der Waals surface area contributed by atoms with Gasteiger partial charge >= 0.3 is 12.1 Å². The van der Waals surface area contributed by atoms with Crippen LogP contribution in [0.25, 0.3) is 0 Å². The van der Waals surface area contributed by atoms with E-state index in [1.807, 2.05) is 20.8 Å². The zero-order valence-electron chi connectivity index (χ0n) is 24.4. The van der Waals surface area contributed by atoms with Gasteiger partial charge in [-0.15, -0.1) is 0 Å². The van der Waals surface area contributed by atoms with E-state index in [4.69, 9.17) is 18.9 Å². The van der Waals surface area contributed by atoms with Crippen LogP contribution in [0, 0.1) is 5.92 Å². The van der Waals surface area contributed by atoms with Gasteiger partial charge in [0.1, 0.15) is 18.0 Å². The monoisotopic (exact) mass is 568 g/mol. The lowest BCUT2D eigenvalue weighted by molar-refractivity contribution is -0.162. The Kier molecular flexibility index (Phi) is 14.3. The molecule has 2 amide bonds. The van der Waals surface area contributed by atoms with Crippen LogP contribution in [0.3, 0.4) is 0 Å². The van der Waals surface area contributed by atoms with Gasteiger partial charge in [-0.1, -0.05) is 23.9 Å². The van der Waals surface area contributed by atoms with Crippen LogP contribution < -0.4 is 15.4 Å². The van der Waals surface area contributed by atoms with Gasteiger partial charge in [0.25, 0.3) is 0 Å². The fourth-order valence-corrected chi connectivity index (χ4v) is 3.89. The molecule has 0 aliphatic carbocycles. The minimum Gasteiger partial charge on any atom is -0.497 e. The molecule has 2 N–H and O–H groups in total. The van der Waals surface area contributed by atoms with Gasteiger partial charge in [-0.2, -0.15) is 0 Å². The maximum atomic E-state index is 13.2. The van der Waals surface area contributed by atoms with Crippen molar-refractivity contribution in [2.75, 3.05) is 26.0 Å². The summed E-state index contributed by atoms with van der Waals surface area (Å²) in [5.41, 5.74) is -0.444. The van der Waals surface area contributed by atoms with Crippen molar-refractivity contribution in [3.05, 3.63) is 29.8 Å². The highest BCUT2D eigenvalue weighted by molar-refractivity contribution is 8.13. The zero-order chi connectivity index (χ0) is 29.6. The van der Waals surface area contributed by atoms with Crippen molar-refractivity contribution in [1.29, 1.82) is 0 Å². The first kappa shape index (κ1) is 34.2. The average Bonchev–Trinajstić information content (AvgIpc) is 2.83. The summed E-state index contributed by atoms with van der Waals surface area (Å²) in [7, 11) is 1.58. The molecular weight excluding hydrogens is 524 g/mol. The van der Waals surface area contributed by atoms with Gasteiger partial charge in [0.05, 0.1) is 19.3 Å². The van der Waals surface area contributed by atoms with Crippen LogP contribution in [0.4, 0.5) is 4.79 Å². The molecule has 0 aliphatic rings. The summed E-state index contributed by atoms with van der Waals surface area (Å²) in [4.78, 5) is 49.6. The van der Waals surface area contributed by atoms with Gasteiger partial charge in [-0.3, -0.25) is 9.59 Å². The summed E-state index contributed by atoms with van der Waals surface area (Å²) < 4.78 is 21.6. The lowest BCUT2D eigenvalue weighted by atomic mass is 10.0. The van der Waals surface area contributed by atoms with Crippen molar-refractivity contribution < 1.29 is 38.1 Å². The molecule has 220 valence electrons. The number of hydrogen-bond donors (Lipinski definition) is 2. The summed E-state index contributed by atoms with van der Waals surface area (Å²) in [6, 6.07) is 6.16. The van der Waals surface area contributed by atoms with Crippen LogP contribution in [0.1, 0.15) is 66.9 Å². The largest absolute Gasteiger partial charge is 0.497 e. The van der Waals surface area contributed by atoms with Gasteiger partial charge in [0.2, 0.25) is 5.91 Å². The van der Waals surface area contributed by atoms with E-state index in [1.165, 1.54) is 6.92 Å². The number of rotatable bonds is 14. The van der Waals surface area contributed by atoms with Gasteiger partial charge in [0.15, 0.2) is 11.2 Å². The minimum atomic E-state index is -1.01. The van der Waals surface area contributed by atoms with Crippen LogP contribution in [0.15, 0.2) is 24.3 Å². The Morgan fingerprint density at radius 1 is 0.974 bits per heavy atom. The number of ether oxygens (including phenoxy) is 4. The lowest BCUT2D eigenvalue weighted by Crippen LogP contribution is -2.50. The number of hydrogen-bond acceptors (Lipinski definition) is 9. The average molecular weight is 569 g/mol. The molecule has 1 unspecified atom stereocenters. The van der Waals surface area contributed by atoms with Crippen molar-refractivity contribution in [3.8, 4) is 5.75 Å². The topological polar surface area (TPSA) is 129 Å². The predicted molar refractivity (Wildman–Crippen MR) is 151 cm³/mol. The molecule has 0 fully saturated rings. The predicted octanol–water partition coefficient (Wildman–Crippen LogP) is 4.24. The maximum Gasteiger partial charge on any atom is 0.407 e. The second-order valence-corrected chi connectivity index (χ2v) is 12.2. The van der Waals surface area contributed by atoms with Crippen LogP contribution in [-0.2, 0) is 35.2 Å². The number of amides is 2. The van der Waals surface area contributed by atoms with E-state index >= 15 is 0 Å². The van der Waals surface area contributed by atoms with E-state index in [0.29, 0.717) is 18.6 Å². The fourth-order valence-electron chi connectivity index (χ4n) is 3.13. The summed E-state index contributed by atoms with van der Waals surface area (Å²) in [5.74, 6) is -0.609. The standard InChI is InChI=1S/C28H44N2O8S/c1-19(31)39-18-21(10-9-15-29-26(34)36-16-20-11-13-22(35-8)14-12-20)24(32)30-23(17-37-27(2,3)4)25(33)38-28(5,6)7/h11-14,21,23H,9-10,15-18H2,1-8H3,(H,29,34)(H,30,32)/t21?,23-/m0/s1. The van der Waals surface area contributed by atoms with E-state index in [1.54, 1.807) is 52.1 Å². The highest BCUT2D eigenvalue weighted by atomic mass is 32.2. The highest BCUT2D eigenvalue weighted by Crippen LogP contribution is 2.17. The molecule has 1 rings (SSSR count). The summed E-state index contributed by atoms with van der Waals surface area (Å²) in [6.07, 6.45) is 0.268. The second-order valence-electron chi connectivity index (χ2n) is 11.0. The normalized spacial score (nSPS) is 13.1. The molecule has 0 spiro atoms. The molecule has 1 aromatic rings. The molecule has 0 radical (unpaired) electrons.